The molecule has 1 rings (SSSR count). The quantitative estimate of drug-likeness (QED) is 0.576. The lowest BCUT2D eigenvalue weighted by Crippen LogP contribution is -2.40. The van der Waals surface area contributed by atoms with Crippen LogP contribution < -0.4 is 0 Å². The number of rotatable bonds is 0. The molecule has 1 fully saturated rings. The normalized spacial score (nSPS) is 48.6. The van der Waals surface area contributed by atoms with Crippen LogP contribution in [0.3, 0.4) is 0 Å². The Morgan fingerprint density at radius 2 is 1.92 bits per heavy atom. The summed E-state index contributed by atoms with van der Waals surface area (Å²) in [7, 11) is 0. The maximum Gasteiger partial charge on any atom is 0.219 e. The van der Waals surface area contributed by atoms with Gasteiger partial charge >= 0.3 is 0 Å². The van der Waals surface area contributed by atoms with E-state index in [1.165, 1.54) is 20.8 Å². The topological polar surface area (TPSA) is 20.3 Å². The van der Waals surface area contributed by atoms with Crippen molar-refractivity contribution in [3.05, 3.63) is 0 Å². The Morgan fingerprint density at radius 3 is 2.23 bits per heavy atom. The zero-order valence-electron chi connectivity index (χ0n) is 17.4. The van der Waals surface area contributed by atoms with Gasteiger partial charge in [0.15, 0.2) is 0 Å². The minimum atomic E-state index is -3.19. The summed E-state index contributed by atoms with van der Waals surface area (Å²) in [5.74, 6) is -3.93. The minimum absolute atomic E-state index is 0.0570. The number of carbonyl (C=O) groups excluding carboxylic acids is 1. The van der Waals surface area contributed by atoms with Crippen LogP contribution in [0.25, 0.3) is 0 Å². The first kappa shape index (κ1) is 3.56. The van der Waals surface area contributed by atoms with Crippen molar-refractivity contribution in [3.63, 3.8) is 0 Å². The molecular weight excluding hydrogens is 162 g/mol. The highest BCUT2D eigenvalue weighted by Gasteiger charge is 2.29. The first-order valence-electron chi connectivity index (χ1n) is 8.62. The molecule has 0 bridgehead atoms. The van der Waals surface area contributed by atoms with Gasteiger partial charge in [0.05, 0.1) is 0 Å². The van der Waals surface area contributed by atoms with E-state index in [1.54, 1.807) is 0 Å². The van der Waals surface area contributed by atoms with Crippen molar-refractivity contribution < 1.29 is 17.1 Å². The predicted octanol–water partition coefficient (Wildman–Crippen LogP) is 2.29. The molecule has 1 saturated heterocycles. The minimum Gasteiger partial charge on any atom is -0.343 e. The van der Waals surface area contributed by atoms with Gasteiger partial charge in [-0.25, -0.2) is 0 Å². The number of piperidine rings is 1. The molecule has 1 aliphatic heterocycles. The van der Waals surface area contributed by atoms with Gasteiger partial charge in [0.25, 0.3) is 0 Å². The van der Waals surface area contributed by atoms with E-state index in [1.807, 2.05) is 0 Å². The Hall–Kier alpha value is -0.530. The largest absolute Gasteiger partial charge is 0.343 e. The monoisotopic (exact) mass is 192 g/mol. The molecule has 1 heterocycles. The van der Waals surface area contributed by atoms with E-state index >= 15 is 0 Å². The Balaban J connectivity index is 3.91. The fourth-order valence-electron chi connectivity index (χ4n) is 0.815. The van der Waals surface area contributed by atoms with E-state index in [9.17, 15) is 4.79 Å². The van der Waals surface area contributed by atoms with Gasteiger partial charge in [-0.05, 0) is 24.1 Å². The highest BCUT2D eigenvalue weighted by Crippen LogP contribution is 2.34. The fourth-order valence-corrected chi connectivity index (χ4v) is 0.815. The van der Waals surface area contributed by atoms with Gasteiger partial charge in [-0.15, -0.1) is 0 Å². The van der Waals surface area contributed by atoms with E-state index in [-0.39, 0.29) is 4.90 Å². The molecule has 0 aromatic carbocycles. The van der Waals surface area contributed by atoms with Crippen molar-refractivity contribution >= 4 is 5.91 Å². The SMILES string of the molecule is [2H]C1([2H])N(C(C)=O)C([2H])([2H])C([2H])([2H])C([2H])(C(C)(C)C)C1([2H])[2H]. The molecule has 2 heteroatoms. The third-order valence-electron chi connectivity index (χ3n) is 1.65. The molecular formula is C11H21NO. The third kappa shape index (κ3) is 2.71. The second-order valence-corrected chi connectivity index (χ2v) is 3.95. The van der Waals surface area contributed by atoms with Crippen molar-refractivity contribution in [1.82, 2.24) is 4.90 Å². The smallest absolute Gasteiger partial charge is 0.219 e. The molecule has 0 spiro atoms. The fraction of sp³-hybridized carbons (Fsp3) is 0.909. The second-order valence-electron chi connectivity index (χ2n) is 3.95. The maximum atomic E-state index is 11.7. The molecule has 0 saturated carbocycles. The van der Waals surface area contributed by atoms with Gasteiger partial charge in [-0.2, -0.15) is 0 Å². The molecule has 1 aliphatic rings. The molecule has 0 N–H and O–H groups in total. The second kappa shape index (κ2) is 3.69. The van der Waals surface area contributed by atoms with E-state index in [4.69, 9.17) is 12.3 Å². The number of hydrogen-bond donors (Lipinski definition) is 0. The number of nitrogens with zero attached hydrogens (tertiary/aromatic N) is 1. The number of likely N-dealkylation sites (tertiary alicyclic amines) is 1. The van der Waals surface area contributed by atoms with Crippen LogP contribution in [0.15, 0.2) is 0 Å². The molecule has 0 atom stereocenters. The lowest BCUT2D eigenvalue weighted by Gasteiger charge is -2.38. The standard InChI is InChI=1S/C11H21NO/c1-9(13)12-7-5-10(6-8-12)11(2,3)4/h10H,5-8H2,1-4H3/i5D2,6D2,7D2,8D2,10D. The zero-order chi connectivity index (χ0) is 18.2. The van der Waals surface area contributed by atoms with Crippen LogP contribution in [0.5, 0.6) is 0 Å². The summed E-state index contributed by atoms with van der Waals surface area (Å²) in [5.41, 5.74) is -1.44. The van der Waals surface area contributed by atoms with Gasteiger partial charge < -0.3 is 4.90 Å². The summed E-state index contributed by atoms with van der Waals surface area (Å²) in [4.78, 5) is 11.7. The van der Waals surface area contributed by atoms with Gasteiger partial charge in [0, 0.05) is 32.3 Å². The van der Waals surface area contributed by atoms with Crippen molar-refractivity contribution in [1.29, 1.82) is 0 Å². The van der Waals surface area contributed by atoms with E-state index in [0.29, 0.717) is 0 Å². The van der Waals surface area contributed by atoms with Crippen LogP contribution in [0.4, 0.5) is 0 Å². The van der Waals surface area contributed by atoms with E-state index in [0.717, 1.165) is 6.92 Å². The molecule has 13 heavy (non-hydrogen) atoms. The summed E-state index contributed by atoms with van der Waals surface area (Å²) in [6.07, 6.45) is -6.31. The third-order valence-corrected chi connectivity index (χ3v) is 1.65. The molecule has 0 aromatic heterocycles. The summed E-state index contributed by atoms with van der Waals surface area (Å²) in [5, 5.41) is 0. The summed E-state index contributed by atoms with van der Waals surface area (Å²) < 4.78 is 72.7. The first-order chi connectivity index (χ1) is 9.32. The molecule has 0 aliphatic carbocycles. The average molecular weight is 192 g/mol. The lowest BCUT2D eigenvalue weighted by molar-refractivity contribution is -0.130. The predicted molar refractivity (Wildman–Crippen MR) is 54.4 cm³/mol. The van der Waals surface area contributed by atoms with Crippen LogP contribution in [-0.4, -0.2) is 23.8 Å². The molecule has 2 nitrogen and oxygen atoms in total. The highest BCUT2D eigenvalue weighted by molar-refractivity contribution is 5.73. The molecule has 1 amide bonds. The lowest BCUT2D eigenvalue weighted by atomic mass is 9.75. The highest BCUT2D eigenvalue weighted by atomic mass is 16.2. The number of amides is 1. The summed E-state index contributed by atoms with van der Waals surface area (Å²) in [6, 6.07) is 0. The van der Waals surface area contributed by atoms with Crippen LogP contribution in [0.1, 0.15) is 52.8 Å². The summed E-state index contributed by atoms with van der Waals surface area (Å²) >= 11 is 0. The summed E-state index contributed by atoms with van der Waals surface area (Å²) in [6.45, 7) is -1.48. The zero-order valence-corrected chi connectivity index (χ0v) is 8.36. The molecule has 0 radical (unpaired) electrons. The Kier molecular flexibility index (Phi) is 1.01. The van der Waals surface area contributed by atoms with Crippen LogP contribution in [-0.2, 0) is 4.79 Å². The average Bonchev–Trinajstić information content (AvgIpc) is 2.22. The number of hydrogen-bond acceptors (Lipinski definition) is 1. The van der Waals surface area contributed by atoms with Crippen molar-refractivity contribution in [2.45, 2.75) is 40.4 Å². The molecule has 76 valence electrons. The van der Waals surface area contributed by atoms with Crippen LogP contribution >= 0.6 is 0 Å². The van der Waals surface area contributed by atoms with Crippen molar-refractivity contribution in [3.8, 4) is 0 Å². The van der Waals surface area contributed by atoms with Crippen molar-refractivity contribution in [2.24, 2.45) is 11.3 Å². The van der Waals surface area contributed by atoms with E-state index < -0.39 is 43.0 Å². The Labute approximate surface area is 93.9 Å². The molecule has 0 unspecified atom stereocenters. The van der Waals surface area contributed by atoms with Gasteiger partial charge in [0.2, 0.25) is 5.91 Å². The number of carbonyl (C=O) groups is 1. The Bertz CT molecular complexity index is 466. The van der Waals surface area contributed by atoms with E-state index in [2.05, 4.69) is 0 Å². The maximum absolute atomic E-state index is 11.7. The Morgan fingerprint density at radius 1 is 1.46 bits per heavy atom. The van der Waals surface area contributed by atoms with Crippen molar-refractivity contribution in [2.75, 3.05) is 13.0 Å². The van der Waals surface area contributed by atoms with Gasteiger partial charge in [0.1, 0.15) is 0 Å². The van der Waals surface area contributed by atoms with Gasteiger partial charge in [-0.1, -0.05) is 20.8 Å². The van der Waals surface area contributed by atoms with Crippen LogP contribution in [0.2, 0.25) is 0 Å². The van der Waals surface area contributed by atoms with Gasteiger partial charge in [-0.3, -0.25) is 4.79 Å². The molecule has 0 aromatic rings. The van der Waals surface area contributed by atoms with Crippen LogP contribution in [0, 0.1) is 11.3 Å². The first-order valence-corrected chi connectivity index (χ1v) is 4.12.